The van der Waals surface area contributed by atoms with E-state index < -0.39 is 0 Å². The molecule has 3 rings (SSSR count). The van der Waals surface area contributed by atoms with Gasteiger partial charge in [0.15, 0.2) is 11.3 Å². The molecule has 3 nitrogen and oxygen atoms in total. The molecule has 102 valence electrons. The quantitative estimate of drug-likeness (QED) is 0.888. The Kier molecular flexibility index (Phi) is 3.23. The minimum absolute atomic E-state index is 0.241. The molecule has 3 atom stereocenters. The van der Waals surface area contributed by atoms with Gasteiger partial charge in [-0.05, 0) is 43.9 Å². The number of hydrogen-bond donors (Lipinski definition) is 1. The van der Waals surface area contributed by atoms with Gasteiger partial charge >= 0.3 is 0 Å². The third-order valence-corrected chi connectivity index (χ3v) is 4.14. The summed E-state index contributed by atoms with van der Waals surface area (Å²) in [4.78, 5) is 0. The molecule has 3 unspecified atom stereocenters. The molecule has 19 heavy (non-hydrogen) atoms. The van der Waals surface area contributed by atoms with Crippen molar-refractivity contribution in [1.29, 1.82) is 0 Å². The number of fused-ring (bicyclic) bond motifs is 1. The van der Waals surface area contributed by atoms with Crippen LogP contribution in [0.2, 0.25) is 0 Å². The van der Waals surface area contributed by atoms with Crippen LogP contribution in [0.4, 0.5) is 0 Å². The van der Waals surface area contributed by atoms with Gasteiger partial charge in [0.25, 0.3) is 0 Å². The van der Waals surface area contributed by atoms with Crippen molar-refractivity contribution < 1.29 is 9.15 Å². The Bertz CT molecular complexity index is 575. The summed E-state index contributed by atoms with van der Waals surface area (Å²) in [6.45, 7) is 5.54. The van der Waals surface area contributed by atoms with Crippen molar-refractivity contribution in [2.24, 2.45) is 11.8 Å². The zero-order chi connectivity index (χ0) is 13.4. The number of hydrogen-bond acceptors (Lipinski definition) is 3. The average Bonchev–Trinajstić information content (AvgIpc) is 2.95. The second-order valence-electron chi connectivity index (χ2n) is 5.63. The zero-order valence-corrected chi connectivity index (χ0v) is 11.8. The van der Waals surface area contributed by atoms with Gasteiger partial charge < -0.3 is 14.5 Å². The van der Waals surface area contributed by atoms with Crippen LogP contribution >= 0.6 is 0 Å². The minimum atomic E-state index is 0.241. The predicted octanol–water partition coefficient (Wildman–Crippen LogP) is 3.75. The highest BCUT2D eigenvalue weighted by Gasteiger charge is 2.32. The van der Waals surface area contributed by atoms with Crippen molar-refractivity contribution in [3.05, 3.63) is 30.0 Å². The first-order valence-electron chi connectivity index (χ1n) is 6.99. The molecule has 0 aliphatic heterocycles. The van der Waals surface area contributed by atoms with Crippen molar-refractivity contribution in [2.45, 2.75) is 26.3 Å². The molecule has 0 radical (unpaired) electrons. The molecule has 1 aliphatic rings. The van der Waals surface area contributed by atoms with E-state index in [-0.39, 0.29) is 6.04 Å². The summed E-state index contributed by atoms with van der Waals surface area (Å²) in [6, 6.07) is 8.32. The maximum atomic E-state index is 5.94. The Labute approximate surface area is 113 Å². The first-order chi connectivity index (χ1) is 9.19. The molecule has 1 aromatic heterocycles. The summed E-state index contributed by atoms with van der Waals surface area (Å²) in [6.07, 6.45) is 1.35. The Morgan fingerprint density at radius 2 is 2.26 bits per heavy atom. The van der Waals surface area contributed by atoms with E-state index in [0.29, 0.717) is 0 Å². The topological polar surface area (TPSA) is 34.4 Å². The first-order valence-corrected chi connectivity index (χ1v) is 6.99. The summed E-state index contributed by atoms with van der Waals surface area (Å²) in [5.74, 6) is 3.51. The van der Waals surface area contributed by atoms with Crippen LogP contribution in [-0.4, -0.2) is 13.7 Å². The summed E-state index contributed by atoms with van der Waals surface area (Å²) in [7, 11) is 1.67. The third-order valence-electron chi connectivity index (χ3n) is 4.14. The lowest BCUT2D eigenvalue weighted by atomic mass is 10.2. The number of methoxy groups -OCH3 is 1. The molecular formula is C16H21NO2. The molecule has 3 heteroatoms. The average molecular weight is 259 g/mol. The summed E-state index contributed by atoms with van der Waals surface area (Å²) >= 11 is 0. The fraction of sp³-hybridized carbons (Fsp3) is 0.500. The van der Waals surface area contributed by atoms with E-state index in [0.717, 1.165) is 40.9 Å². The molecule has 0 saturated heterocycles. The summed E-state index contributed by atoms with van der Waals surface area (Å²) in [5, 5.41) is 4.65. The smallest absolute Gasteiger partial charge is 0.176 e. The molecule has 1 saturated carbocycles. The Morgan fingerprint density at radius 3 is 2.95 bits per heavy atom. The van der Waals surface area contributed by atoms with Crippen LogP contribution in [0.1, 0.15) is 32.1 Å². The standard InChI is InChI=1S/C16H21NO2/c1-10-7-13(10)9-17-11(2)15-8-12-5-4-6-14(18-3)16(12)19-15/h4-6,8,10-11,13,17H,7,9H2,1-3H3. The summed E-state index contributed by atoms with van der Waals surface area (Å²) in [5.41, 5.74) is 0.841. The fourth-order valence-corrected chi connectivity index (χ4v) is 2.54. The van der Waals surface area contributed by atoms with E-state index in [1.54, 1.807) is 7.11 Å². The molecule has 0 bridgehead atoms. The summed E-state index contributed by atoms with van der Waals surface area (Å²) < 4.78 is 11.3. The highest BCUT2D eigenvalue weighted by atomic mass is 16.5. The molecule has 1 aliphatic carbocycles. The highest BCUT2D eigenvalue weighted by molar-refractivity contribution is 5.83. The van der Waals surface area contributed by atoms with Crippen LogP contribution in [0.25, 0.3) is 11.0 Å². The number of rotatable bonds is 5. The lowest BCUT2D eigenvalue weighted by Crippen LogP contribution is -2.21. The monoisotopic (exact) mass is 259 g/mol. The molecule has 1 heterocycles. The van der Waals surface area contributed by atoms with Gasteiger partial charge in [-0.25, -0.2) is 0 Å². The highest BCUT2D eigenvalue weighted by Crippen LogP contribution is 2.37. The van der Waals surface area contributed by atoms with Crippen LogP contribution in [0.5, 0.6) is 5.75 Å². The maximum Gasteiger partial charge on any atom is 0.176 e. The van der Waals surface area contributed by atoms with Crippen LogP contribution in [0, 0.1) is 11.8 Å². The largest absolute Gasteiger partial charge is 0.493 e. The molecule has 1 aromatic carbocycles. The van der Waals surface area contributed by atoms with Crippen LogP contribution in [0.3, 0.4) is 0 Å². The number of para-hydroxylation sites is 1. The van der Waals surface area contributed by atoms with Gasteiger partial charge in [-0.3, -0.25) is 0 Å². The fourth-order valence-electron chi connectivity index (χ4n) is 2.54. The first kappa shape index (κ1) is 12.5. The van der Waals surface area contributed by atoms with E-state index in [4.69, 9.17) is 9.15 Å². The van der Waals surface area contributed by atoms with E-state index >= 15 is 0 Å². The van der Waals surface area contributed by atoms with Crippen LogP contribution in [-0.2, 0) is 0 Å². The van der Waals surface area contributed by atoms with Gasteiger partial charge in [0.2, 0.25) is 0 Å². The Balaban J connectivity index is 1.76. The third kappa shape index (κ3) is 2.47. The van der Waals surface area contributed by atoms with E-state index in [1.807, 2.05) is 12.1 Å². The van der Waals surface area contributed by atoms with Gasteiger partial charge in [0, 0.05) is 5.39 Å². The Hall–Kier alpha value is -1.48. The molecule has 1 N–H and O–H groups in total. The van der Waals surface area contributed by atoms with E-state index in [9.17, 15) is 0 Å². The lowest BCUT2D eigenvalue weighted by Gasteiger charge is -2.10. The van der Waals surface area contributed by atoms with Gasteiger partial charge in [0.1, 0.15) is 5.76 Å². The molecule has 0 spiro atoms. The van der Waals surface area contributed by atoms with Gasteiger partial charge in [0.05, 0.1) is 13.2 Å². The Morgan fingerprint density at radius 1 is 1.47 bits per heavy atom. The number of nitrogens with one attached hydrogen (secondary N) is 1. The number of ether oxygens (including phenoxy) is 1. The molecular weight excluding hydrogens is 238 g/mol. The van der Waals surface area contributed by atoms with E-state index in [2.05, 4.69) is 31.3 Å². The van der Waals surface area contributed by atoms with Crippen molar-refractivity contribution in [2.75, 3.05) is 13.7 Å². The second kappa shape index (κ2) is 4.89. The van der Waals surface area contributed by atoms with Crippen molar-refractivity contribution >= 4 is 11.0 Å². The maximum absolute atomic E-state index is 5.94. The zero-order valence-electron chi connectivity index (χ0n) is 11.8. The second-order valence-corrected chi connectivity index (χ2v) is 5.63. The SMILES string of the molecule is COc1cccc2cc(C(C)NCC3CC3C)oc12. The van der Waals surface area contributed by atoms with Crippen LogP contribution in [0.15, 0.2) is 28.7 Å². The predicted molar refractivity (Wildman–Crippen MR) is 76.5 cm³/mol. The molecule has 2 aromatic rings. The minimum Gasteiger partial charge on any atom is -0.493 e. The molecule has 1 fully saturated rings. The van der Waals surface area contributed by atoms with Gasteiger partial charge in [-0.15, -0.1) is 0 Å². The van der Waals surface area contributed by atoms with Crippen LogP contribution < -0.4 is 10.1 Å². The normalized spacial score (nSPS) is 23.5. The lowest BCUT2D eigenvalue weighted by molar-refractivity contribution is 0.398. The van der Waals surface area contributed by atoms with Crippen molar-refractivity contribution in [1.82, 2.24) is 5.32 Å². The van der Waals surface area contributed by atoms with Gasteiger partial charge in [-0.2, -0.15) is 0 Å². The number of furan rings is 1. The van der Waals surface area contributed by atoms with Crippen molar-refractivity contribution in [3.8, 4) is 5.75 Å². The van der Waals surface area contributed by atoms with E-state index in [1.165, 1.54) is 6.42 Å². The number of benzene rings is 1. The van der Waals surface area contributed by atoms with Gasteiger partial charge in [-0.1, -0.05) is 19.1 Å². The van der Waals surface area contributed by atoms with Crippen molar-refractivity contribution in [3.63, 3.8) is 0 Å². The molecule has 0 amide bonds.